The van der Waals surface area contributed by atoms with Crippen molar-refractivity contribution in [2.24, 2.45) is 0 Å². The summed E-state index contributed by atoms with van der Waals surface area (Å²) >= 11 is 0. The normalized spacial score (nSPS) is 20.5. The summed E-state index contributed by atoms with van der Waals surface area (Å²) in [7, 11) is 1.87. The fraction of sp³-hybridized carbons (Fsp3) is 0.579. The van der Waals surface area contributed by atoms with Gasteiger partial charge in [-0.25, -0.2) is 4.79 Å². The van der Waals surface area contributed by atoms with Gasteiger partial charge in [-0.15, -0.1) is 0 Å². The SMILES string of the molecule is CN(C(=O)N[C@H]1CCN(C(=O)CCc2ccccc2)C1)C1CCC1. The van der Waals surface area contributed by atoms with Gasteiger partial charge in [0.1, 0.15) is 0 Å². The summed E-state index contributed by atoms with van der Waals surface area (Å²) in [6.45, 7) is 1.38. The van der Waals surface area contributed by atoms with E-state index in [0.29, 0.717) is 19.0 Å². The molecule has 1 aromatic carbocycles. The molecule has 0 aromatic heterocycles. The highest BCUT2D eigenvalue weighted by molar-refractivity contribution is 5.77. The van der Waals surface area contributed by atoms with Crippen LogP contribution < -0.4 is 5.32 Å². The van der Waals surface area contributed by atoms with E-state index in [1.165, 1.54) is 12.0 Å². The predicted octanol–water partition coefficient (Wildman–Crippen LogP) is 2.41. The van der Waals surface area contributed by atoms with E-state index in [2.05, 4.69) is 17.4 Å². The molecule has 1 saturated carbocycles. The first-order valence-corrected chi connectivity index (χ1v) is 8.98. The summed E-state index contributed by atoms with van der Waals surface area (Å²) < 4.78 is 0. The summed E-state index contributed by atoms with van der Waals surface area (Å²) in [5.41, 5.74) is 1.19. The standard InChI is InChI=1S/C19H27N3O2/c1-21(17-8-5-9-17)19(24)20-16-12-13-22(14-16)18(23)11-10-15-6-3-2-4-7-15/h2-4,6-7,16-17H,5,8-14H2,1H3,(H,20,24)/t16-/m0/s1. The lowest BCUT2D eigenvalue weighted by atomic mass is 9.92. The highest BCUT2D eigenvalue weighted by Gasteiger charge is 2.30. The van der Waals surface area contributed by atoms with Crippen molar-refractivity contribution in [1.29, 1.82) is 0 Å². The average molecular weight is 329 g/mol. The maximum Gasteiger partial charge on any atom is 0.317 e. The smallest absolute Gasteiger partial charge is 0.317 e. The van der Waals surface area contributed by atoms with Crippen molar-refractivity contribution >= 4 is 11.9 Å². The van der Waals surface area contributed by atoms with Crippen LogP contribution in [0.4, 0.5) is 4.79 Å². The van der Waals surface area contributed by atoms with Crippen molar-refractivity contribution in [1.82, 2.24) is 15.1 Å². The molecule has 24 heavy (non-hydrogen) atoms. The van der Waals surface area contributed by atoms with E-state index in [0.717, 1.165) is 32.2 Å². The largest absolute Gasteiger partial charge is 0.341 e. The number of rotatable bonds is 5. The first-order chi connectivity index (χ1) is 11.6. The van der Waals surface area contributed by atoms with Crippen molar-refractivity contribution < 1.29 is 9.59 Å². The lowest BCUT2D eigenvalue weighted by Gasteiger charge is -2.35. The number of carbonyl (C=O) groups is 2. The molecule has 1 N–H and O–H groups in total. The maximum absolute atomic E-state index is 12.4. The predicted molar refractivity (Wildman–Crippen MR) is 93.7 cm³/mol. The van der Waals surface area contributed by atoms with Gasteiger partial charge >= 0.3 is 6.03 Å². The molecule has 0 bridgehead atoms. The quantitative estimate of drug-likeness (QED) is 0.902. The summed E-state index contributed by atoms with van der Waals surface area (Å²) in [4.78, 5) is 28.3. The van der Waals surface area contributed by atoms with E-state index >= 15 is 0 Å². The molecule has 0 radical (unpaired) electrons. The molecule has 3 rings (SSSR count). The molecule has 2 aliphatic rings. The van der Waals surface area contributed by atoms with E-state index < -0.39 is 0 Å². The zero-order valence-corrected chi connectivity index (χ0v) is 14.4. The van der Waals surface area contributed by atoms with Crippen molar-refractivity contribution in [3.8, 4) is 0 Å². The third kappa shape index (κ3) is 4.08. The summed E-state index contributed by atoms with van der Waals surface area (Å²) in [6, 6.07) is 10.6. The van der Waals surface area contributed by atoms with Gasteiger partial charge in [0.05, 0.1) is 0 Å². The summed E-state index contributed by atoms with van der Waals surface area (Å²) in [5.74, 6) is 0.183. The minimum atomic E-state index is 0.00304. The Morgan fingerprint density at radius 1 is 1.21 bits per heavy atom. The lowest BCUT2D eigenvalue weighted by Crippen LogP contribution is -2.50. The molecule has 0 spiro atoms. The van der Waals surface area contributed by atoms with E-state index in [9.17, 15) is 9.59 Å². The monoisotopic (exact) mass is 329 g/mol. The van der Waals surface area contributed by atoms with Gasteiger partial charge in [-0.05, 0) is 37.7 Å². The minimum Gasteiger partial charge on any atom is -0.341 e. The first kappa shape index (κ1) is 16.8. The molecule has 1 aromatic rings. The van der Waals surface area contributed by atoms with Gasteiger partial charge in [-0.3, -0.25) is 4.79 Å². The van der Waals surface area contributed by atoms with Gasteiger partial charge in [-0.1, -0.05) is 30.3 Å². The van der Waals surface area contributed by atoms with Crippen LogP contribution in [0, 0.1) is 0 Å². The summed E-state index contributed by atoms with van der Waals surface area (Å²) in [6.07, 6.45) is 5.60. The number of nitrogens with zero attached hydrogens (tertiary/aromatic N) is 2. The Bertz CT molecular complexity index is 571. The van der Waals surface area contributed by atoms with Gasteiger partial charge in [0, 0.05) is 38.6 Å². The molecule has 2 fully saturated rings. The first-order valence-electron chi connectivity index (χ1n) is 8.98. The second-order valence-electron chi connectivity index (χ2n) is 6.96. The highest BCUT2D eigenvalue weighted by Crippen LogP contribution is 2.23. The van der Waals surface area contributed by atoms with Crippen LogP contribution in [0.3, 0.4) is 0 Å². The average Bonchev–Trinajstić information content (AvgIpc) is 3.00. The van der Waals surface area contributed by atoms with Gasteiger partial charge < -0.3 is 15.1 Å². The van der Waals surface area contributed by atoms with Crippen LogP contribution in [0.25, 0.3) is 0 Å². The van der Waals surface area contributed by atoms with E-state index in [1.54, 1.807) is 0 Å². The molecule has 3 amide bonds. The van der Waals surface area contributed by atoms with Gasteiger partial charge in [0.2, 0.25) is 5.91 Å². The third-order valence-electron chi connectivity index (χ3n) is 5.28. The number of urea groups is 1. The fourth-order valence-electron chi connectivity index (χ4n) is 3.37. The molecule has 1 aliphatic carbocycles. The van der Waals surface area contributed by atoms with Crippen molar-refractivity contribution in [3.63, 3.8) is 0 Å². The van der Waals surface area contributed by atoms with Gasteiger partial charge in [0.25, 0.3) is 0 Å². The molecule has 1 aliphatic heterocycles. The molecular formula is C19H27N3O2. The third-order valence-corrected chi connectivity index (χ3v) is 5.28. The fourth-order valence-corrected chi connectivity index (χ4v) is 3.37. The zero-order valence-electron chi connectivity index (χ0n) is 14.4. The Kier molecular flexibility index (Phi) is 5.38. The van der Waals surface area contributed by atoms with Crippen LogP contribution in [-0.4, -0.2) is 54.0 Å². The Morgan fingerprint density at radius 2 is 1.96 bits per heavy atom. The van der Waals surface area contributed by atoms with Crippen LogP contribution in [0.2, 0.25) is 0 Å². The number of hydrogen-bond donors (Lipinski definition) is 1. The van der Waals surface area contributed by atoms with Crippen LogP contribution >= 0.6 is 0 Å². The topological polar surface area (TPSA) is 52.7 Å². The van der Waals surface area contributed by atoms with Crippen molar-refractivity contribution in [2.45, 2.75) is 50.6 Å². The van der Waals surface area contributed by atoms with Crippen LogP contribution in [-0.2, 0) is 11.2 Å². The van der Waals surface area contributed by atoms with Crippen LogP contribution in [0.1, 0.15) is 37.7 Å². The number of hydrogen-bond acceptors (Lipinski definition) is 2. The Balaban J connectivity index is 1.41. The molecule has 5 nitrogen and oxygen atoms in total. The molecule has 1 heterocycles. The minimum absolute atomic E-state index is 0.00304. The highest BCUT2D eigenvalue weighted by atomic mass is 16.2. The van der Waals surface area contributed by atoms with Gasteiger partial charge in [-0.2, -0.15) is 0 Å². The van der Waals surface area contributed by atoms with Gasteiger partial charge in [0.15, 0.2) is 0 Å². The number of nitrogens with one attached hydrogen (secondary N) is 1. The molecule has 5 heteroatoms. The van der Waals surface area contributed by atoms with Crippen molar-refractivity contribution in [2.75, 3.05) is 20.1 Å². The van der Waals surface area contributed by atoms with E-state index in [1.807, 2.05) is 35.0 Å². The molecule has 0 unspecified atom stereocenters. The van der Waals surface area contributed by atoms with Crippen LogP contribution in [0.5, 0.6) is 0 Å². The Hall–Kier alpha value is -2.04. The second-order valence-corrected chi connectivity index (χ2v) is 6.96. The molecule has 1 saturated heterocycles. The van der Waals surface area contributed by atoms with E-state index in [4.69, 9.17) is 0 Å². The number of likely N-dealkylation sites (tertiary alicyclic amines) is 1. The Labute approximate surface area is 144 Å². The number of carbonyl (C=O) groups excluding carboxylic acids is 2. The second kappa shape index (κ2) is 7.69. The zero-order chi connectivity index (χ0) is 16.9. The molecule has 1 atom stereocenters. The Morgan fingerprint density at radius 3 is 2.62 bits per heavy atom. The number of benzene rings is 1. The summed E-state index contributed by atoms with van der Waals surface area (Å²) in [5, 5.41) is 3.08. The maximum atomic E-state index is 12.4. The van der Waals surface area contributed by atoms with Crippen molar-refractivity contribution in [3.05, 3.63) is 35.9 Å². The number of amides is 3. The van der Waals surface area contributed by atoms with Crippen LogP contribution in [0.15, 0.2) is 30.3 Å². The lowest BCUT2D eigenvalue weighted by molar-refractivity contribution is -0.130. The number of aryl methyl sites for hydroxylation is 1. The molecular weight excluding hydrogens is 302 g/mol. The molecule has 130 valence electrons. The van der Waals surface area contributed by atoms with E-state index in [-0.39, 0.29) is 18.0 Å².